The molecule has 0 bridgehead atoms. The molecule has 2 aromatic rings. The minimum Gasteiger partial charge on any atom is -0.468 e. The molecular formula is C22H19F6N3O3. The molecule has 2 aromatic carbocycles. The van der Waals surface area contributed by atoms with Crippen LogP contribution < -0.4 is 5.32 Å². The van der Waals surface area contributed by atoms with Crippen molar-refractivity contribution in [1.29, 1.82) is 0 Å². The van der Waals surface area contributed by atoms with Crippen LogP contribution >= 0.6 is 0 Å². The minimum absolute atomic E-state index is 0.101. The molecule has 0 radical (unpaired) electrons. The topological polar surface area (TPSA) is 71.0 Å². The number of hydrogen-bond donors (Lipinski definition) is 1. The highest BCUT2D eigenvalue weighted by atomic mass is 19.4. The summed E-state index contributed by atoms with van der Waals surface area (Å²) in [5.74, 6) is -1.32. The first kappa shape index (κ1) is 25.1. The number of hydrazone groups is 1. The molecule has 0 fully saturated rings. The van der Waals surface area contributed by atoms with E-state index >= 15 is 0 Å². The average molecular weight is 487 g/mol. The molecule has 0 aromatic heterocycles. The smallest absolute Gasteiger partial charge is 0.416 e. The van der Waals surface area contributed by atoms with Crippen LogP contribution in [0.3, 0.4) is 0 Å². The molecule has 0 spiro atoms. The summed E-state index contributed by atoms with van der Waals surface area (Å²) in [5, 5.41) is 7.94. The number of nitrogens with one attached hydrogen (secondary N) is 1. The number of methoxy groups -OCH3 is 1. The number of halogens is 6. The zero-order chi connectivity index (χ0) is 25.3. The van der Waals surface area contributed by atoms with E-state index in [1.807, 2.05) is 0 Å². The maximum atomic E-state index is 12.9. The number of carbonyl (C=O) groups is 2. The summed E-state index contributed by atoms with van der Waals surface area (Å²) in [6.45, 7) is 1.03. The van der Waals surface area contributed by atoms with Crippen LogP contribution in [0.5, 0.6) is 0 Å². The first-order valence-electron chi connectivity index (χ1n) is 9.81. The summed E-state index contributed by atoms with van der Waals surface area (Å²) >= 11 is 0. The lowest BCUT2D eigenvalue weighted by Crippen LogP contribution is -2.41. The van der Waals surface area contributed by atoms with Gasteiger partial charge in [0.15, 0.2) is 0 Å². The van der Waals surface area contributed by atoms with E-state index in [9.17, 15) is 35.9 Å². The third-order valence-corrected chi connectivity index (χ3v) is 5.21. The van der Waals surface area contributed by atoms with Gasteiger partial charge in [0, 0.05) is 5.69 Å². The number of ether oxygens (including phenoxy) is 1. The molecule has 1 aliphatic heterocycles. The highest BCUT2D eigenvalue weighted by Crippen LogP contribution is 2.35. The molecule has 12 heteroatoms. The number of amides is 1. The van der Waals surface area contributed by atoms with Crippen LogP contribution in [0.4, 0.5) is 32.0 Å². The minimum atomic E-state index is -4.54. The Bertz CT molecular complexity index is 1090. The number of carbonyl (C=O) groups excluding carboxylic acids is 2. The average Bonchev–Trinajstić information content (AvgIpc) is 3.09. The van der Waals surface area contributed by atoms with E-state index in [0.29, 0.717) is 0 Å². The van der Waals surface area contributed by atoms with Gasteiger partial charge in [0.05, 0.1) is 30.5 Å². The number of esters is 1. The third-order valence-electron chi connectivity index (χ3n) is 5.21. The highest BCUT2D eigenvalue weighted by Gasteiger charge is 2.47. The monoisotopic (exact) mass is 487 g/mol. The Morgan fingerprint density at radius 2 is 1.47 bits per heavy atom. The SMILES string of the molecule is COC(=O)C1(C)CN(CC(=O)Nc2ccc(C(F)(F)F)cc2)N=C1c1ccc(C(F)(F)F)cc1. The zero-order valence-corrected chi connectivity index (χ0v) is 17.9. The molecule has 34 heavy (non-hydrogen) atoms. The molecule has 1 heterocycles. The van der Waals surface area contributed by atoms with Gasteiger partial charge >= 0.3 is 18.3 Å². The van der Waals surface area contributed by atoms with Gasteiger partial charge in [-0.1, -0.05) is 12.1 Å². The van der Waals surface area contributed by atoms with E-state index in [1.165, 1.54) is 24.1 Å². The van der Waals surface area contributed by atoms with Gasteiger partial charge in [-0.25, -0.2) is 0 Å². The maximum Gasteiger partial charge on any atom is 0.416 e. The van der Waals surface area contributed by atoms with Crippen LogP contribution in [0.1, 0.15) is 23.6 Å². The van der Waals surface area contributed by atoms with E-state index in [0.717, 1.165) is 43.5 Å². The van der Waals surface area contributed by atoms with E-state index in [2.05, 4.69) is 10.4 Å². The van der Waals surface area contributed by atoms with Gasteiger partial charge in [-0.05, 0) is 48.9 Å². The van der Waals surface area contributed by atoms with Crippen molar-refractivity contribution in [2.24, 2.45) is 10.5 Å². The number of rotatable bonds is 5. The molecule has 1 aliphatic rings. The predicted molar refractivity (Wildman–Crippen MR) is 110 cm³/mol. The van der Waals surface area contributed by atoms with E-state index in [1.54, 1.807) is 0 Å². The van der Waals surface area contributed by atoms with Crippen LogP contribution in [-0.4, -0.2) is 42.8 Å². The van der Waals surface area contributed by atoms with Crippen molar-refractivity contribution >= 4 is 23.3 Å². The van der Waals surface area contributed by atoms with Crippen molar-refractivity contribution in [2.75, 3.05) is 25.5 Å². The van der Waals surface area contributed by atoms with Crippen molar-refractivity contribution in [3.63, 3.8) is 0 Å². The normalized spacial score (nSPS) is 18.5. The summed E-state index contributed by atoms with van der Waals surface area (Å²) in [5.41, 5.74) is -2.63. The van der Waals surface area contributed by atoms with Gasteiger partial charge in [-0.15, -0.1) is 0 Å². The van der Waals surface area contributed by atoms with Gasteiger partial charge in [-0.3, -0.25) is 14.6 Å². The molecular weight excluding hydrogens is 468 g/mol. The van der Waals surface area contributed by atoms with Crippen molar-refractivity contribution < 1.29 is 40.7 Å². The summed E-state index contributed by atoms with van der Waals surface area (Å²) in [4.78, 5) is 24.9. The van der Waals surface area contributed by atoms with Gasteiger partial charge in [0.25, 0.3) is 0 Å². The molecule has 6 nitrogen and oxygen atoms in total. The van der Waals surface area contributed by atoms with Crippen molar-refractivity contribution in [3.05, 3.63) is 65.2 Å². The quantitative estimate of drug-likeness (QED) is 0.496. The molecule has 1 atom stereocenters. The Hall–Kier alpha value is -3.57. The highest BCUT2D eigenvalue weighted by molar-refractivity contribution is 6.16. The first-order valence-corrected chi connectivity index (χ1v) is 9.81. The summed E-state index contributed by atoms with van der Waals surface area (Å²) in [6.07, 6.45) is -9.05. The second kappa shape index (κ2) is 8.99. The largest absolute Gasteiger partial charge is 0.468 e. The lowest BCUT2D eigenvalue weighted by Gasteiger charge is -2.23. The van der Waals surface area contributed by atoms with Crippen LogP contribution in [-0.2, 0) is 26.7 Å². The molecule has 1 amide bonds. The lowest BCUT2D eigenvalue weighted by molar-refractivity contribution is -0.148. The summed E-state index contributed by atoms with van der Waals surface area (Å²) < 4.78 is 81.5. The fraction of sp³-hybridized carbons (Fsp3) is 0.318. The molecule has 182 valence electrons. The number of alkyl halides is 6. The number of nitrogens with zero attached hydrogens (tertiary/aromatic N) is 2. The molecule has 0 saturated carbocycles. The molecule has 0 aliphatic carbocycles. The summed E-state index contributed by atoms with van der Waals surface area (Å²) in [6, 6.07) is 7.90. The lowest BCUT2D eigenvalue weighted by atomic mass is 9.82. The van der Waals surface area contributed by atoms with Crippen LogP contribution in [0.25, 0.3) is 0 Å². The van der Waals surface area contributed by atoms with Gasteiger partial charge in [0.1, 0.15) is 12.0 Å². The Labute approximate surface area is 190 Å². The van der Waals surface area contributed by atoms with Crippen molar-refractivity contribution in [1.82, 2.24) is 5.01 Å². The molecule has 1 N–H and O–H groups in total. The van der Waals surface area contributed by atoms with Crippen LogP contribution in [0.2, 0.25) is 0 Å². The summed E-state index contributed by atoms with van der Waals surface area (Å²) in [7, 11) is 1.15. The van der Waals surface area contributed by atoms with Gasteiger partial charge in [0.2, 0.25) is 5.91 Å². The van der Waals surface area contributed by atoms with Crippen molar-refractivity contribution in [3.8, 4) is 0 Å². The third kappa shape index (κ3) is 5.32. The standard InChI is InChI=1S/C22H19F6N3O3/c1-20(19(33)34-2)12-31(30-18(20)13-3-5-14(6-4-13)21(23,24)25)11-17(32)29-16-9-7-15(8-10-16)22(26,27)28/h3-10H,11-12H2,1-2H3,(H,29,32). The zero-order valence-electron chi connectivity index (χ0n) is 17.9. The Morgan fingerprint density at radius 1 is 0.971 bits per heavy atom. The van der Waals surface area contributed by atoms with Gasteiger partial charge < -0.3 is 10.1 Å². The number of hydrogen-bond acceptors (Lipinski definition) is 5. The van der Waals surface area contributed by atoms with Crippen LogP contribution in [0.15, 0.2) is 53.6 Å². The Morgan fingerprint density at radius 3 is 1.94 bits per heavy atom. The van der Waals surface area contributed by atoms with E-state index < -0.39 is 40.8 Å². The fourth-order valence-corrected chi connectivity index (χ4v) is 3.51. The maximum absolute atomic E-state index is 12.9. The van der Waals surface area contributed by atoms with Crippen molar-refractivity contribution in [2.45, 2.75) is 19.3 Å². The molecule has 3 rings (SSSR count). The molecule has 1 unspecified atom stereocenters. The second-order valence-corrected chi connectivity index (χ2v) is 7.79. The second-order valence-electron chi connectivity index (χ2n) is 7.79. The number of anilines is 1. The van der Waals surface area contributed by atoms with E-state index in [-0.39, 0.29) is 30.1 Å². The first-order chi connectivity index (χ1) is 15.7. The van der Waals surface area contributed by atoms with Gasteiger partial charge in [-0.2, -0.15) is 31.4 Å². The molecule has 0 saturated heterocycles. The predicted octanol–water partition coefficient (Wildman–Crippen LogP) is 4.56. The Kier molecular flexibility index (Phi) is 6.63. The fourth-order valence-electron chi connectivity index (χ4n) is 3.51. The van der Waals surface area contributed by atoms with Crippen LogP contribution in [0, 0.1) is 5.41 Å². The van der Waals surface area contributed by atoms with E-state index in [4.69, 9.17) is 4.74 Å². The number of benzene rings is 2. The Balaban J connectivity index is 1.79.